The summed E-state index contributed by atoms with van der Waals surface area (Å²) in [6.07, 6.45) is 1.93. The summed E-state index contributed by atoms with van der Waals surface area (Å²) in [6, 6.07) is 14.0. The first-order chi connectivity index (χ1) is 12.1. The smallest absolute Gasteiger partial charge is 0.253 e. The fourth-order valence-corrected chi connectivity index (χ4v) is 3.71. The first kappa shape index (κ1) is 15.8. The van der Waals surface area contributed by atoms with Gasteiger partial charge in [-0.1, -0.05) is 18.2 Å². The maximum Gasteiger partial charge on any atom is 0.253 e. The average Bonchev–Trinajstić information content (AvgIpc) is 2.98. The summed E-state index contributed by atoms with van der Waals surface area (Å²) in [7, 11) is 2.03. The highest BCUT2D eigenvalue weighted by atomic mass is 19.1. The number of amides is 1. The Labute approximate surface area is 145 Å². The number of hydrogen-bond donors (Lipinski definition) is 0. The molecule has 128 valence electrons. The van der Waals surface area contributed by atoms with Crippen LogP contribution in [0.5, 0.6) is 0 Å². The summed E-state index contributed by atoms with van der Waals surface area (Å²) >= 11 is 0. The zero-order chi connectivity index (χ0) is 17.4. The molecule has 1 unspecified atom stereocenters. The van der Waals surface area contributed by atoms with E-state index in [1.54, 1.807) is 12.1 Å². The fourth-order valence-electron chi connectivity index (χ4n) is 3.71. The van der Waals surface area contributed by atoms with Crippen molar-refractivity contribution in [3.05, 3.63) is 65.7 Å². The number of hydrogen-bond acceptors (Lipinski definition) is 2. The van der Waals surface area contributed by atoms with E-state index in [1.165, 1.54) is 12.1 Å². The number of piperidine rings is 1. The fraction of sp³-hybridized carbons (Fsp3) is 0.300. The Morgan fingerprint density at radius 1 is 1.20 bits per heavy atom. The maximum atomic E-state index is 13.4. The molecule has 25 heavy (non-hydrogen) atoms. The van der Waals surface area contributed by atoms with Crippen molar-refractivity contribution < 1.29 is 9.18 Å². The number of carbonyl (C=O) groups excluding carboxylic acids is 1. The van der Waals surface area contributed by atoms with Gasteiger partial charge in [0.05, 0.1) is 11.0 Å². The minimum Gasteiger partial charge on any atom is -0.338 e. The van der Waals surface area contributed by atoms with Gasteiger partial charge in [-0.05, 0) is 43.2 Å². The molecule has 0 spiro atoms. The number of halogens is 1. The number of likely N-dealkylation sites (tertiary alicyclic amines) is 1. The predicted molar refractivity (Wildman–Crippen MR) is 95.0 cm³/mol. The van der Waals surface area contributed by atoms with E-state index < -0.39 is 0 Å². The van der Waals surface area contributed by atoms with E-state index >= 15 is 0 Å². The van der Waals surface area contributed by atoms with Crippen LogP contribution in [-0.2, 0) is 7.05 Å². The molecule has 1 aliphatic heterocycles. The molecule has 2 aromatic carbocycles. The predicted octanol–water partition coefficient (Wildman–Crippen LogP) is 3.73. The van der Waals surface area contributed by atoms with Crippen molar-refractivity contribution in [1.82, 2.24) is 14.5 Å². The van der Waals surface area contributed by atoms with Crippen LogP contribution in [0.4, 0.5) is 4.39 Å². The number of imidazole rings is 1. The third-order valence-electron chi connectivity index (χ3n) is 4.97. The van der Waals surface area contributed by atoms with Gasteiger partial charge in [-0.3, -0.25) is 4.79 Å². The van der Waals surface area contributed by atoms with Crippen LogP contribution < -0.4 is 0 Å². The third kappa shape index (κ3) is 2.90. The standard InChI is InChI=1S/C20H20FN3O/c1-23-18-10-3-2-9-17(18)22-19(23)15-7-5-11-24(13-15)20(25)14-6-4-8-16(21)12-14/h2-4,6,8-10,12,15H,5,7,11,13H2,1H3. The van der Waals surface area contributed by atoms with E-state index in [4.69, 9.17) is 4.98 Å². The molecule has 1 saturated heterocycles. The molecule has 1 amide bonds. The number of fused-ring (bicyclic) bond motifs is 1. The first-order valence-corrected chi connectivity index (χ1v) is 8.59. The highest BCUT2D eigenvalue weighted by Crippen LogP contribution is 2.29. The Morgan fingerprint density at radius 3 is 2.84 bits per heavy atom. The van der Waals surface area contributed by atoms with Crippen molar-refractivity contribution in [2.24, 2.45) is 7.05 Å². The maximum absolute atomic E-state index is 13.4. The zero-order valence-electron chi connectivity index (χ0n) is 14.2. The number of benzene rings is 2. The van der Waals surface area contributed by atoms with Gasteiger partial charge in [0.25, 0.3) is 5.91 Å². The lowest BCUT2D eigenvalue weighted by molar-refractivity contribution is 0.0703. The second-order valence-corrected chi connectivity index (χ2v) is 6.62. The van der Waals surface area contributed by atoms with Crippen LogP contribution in [-0.4, -0.2) is 33.4 Å². The SMILES string of the molecule is Cn1c(C2CCCN(C(=O)c3cccc(F)c3)C2)nc2ccccc21. The van der Waals surface area contributed by atoms with Gasteiger partial charge in [0, 0.05) is 31.6 Å². The van der Waals surface area contributed by atoms with E-state index in [1.807, 2.05) is 30.1 Å². The molecule has 2 heterocycles. The summed E-state index contributed by atoms with van der Waals surface area (Å²) in [4.78, 5) is 19.3. The van der Waals surface area contributed by atoms with Gasteiger partial charge in [-0.2, -0.15) is 0 Å². The molecule has 0 saturated carbocycles. The number of carbonyl (C=O) groups is 1. The number of aryl methyl sites for hydroxylation is 1. The van der Waals surface area contributed by atoms with Crippen LogP contribution in [0.25, 0.3) is 11.0 Å². The van der Waals surface area contributed by atoms with Gasteiger partial charge >= 0.3 is 0 Å². The van der Waals surface area contributed by atoms with Gasteiger partial charge in [0.1, 0.15) is 11.6 Å². The van der Waals surface area contributed by atoms with Crippen LogP contribution in [0.1, 0.15) is 34.9 Å². The van der Waals surface area contributed by atoms with Crippen molar-refractivity contribution >= 4 is 16.9 Å². The molecule has 0 N–H and O–H groups in total. The van der Waals surface area contributed by atoms with Crippen LogP contribution in [0, 0.1) is 5.82 Å². The number of para-hydroxylation sites is 2. The molecule has 5 heteroatoms. The summed E-state index contributed by atoms with van der Waals surface area (Å²) < 4.78 is 15.5. The largest absolute Gasteiger partial charge is 0.338 e. The molecular formula is C20H20FN3O. The average molecular weight is 337 g/mol. The zero-order valence-corrected chi connectivity index (χ0v) is 14.2. The number of nitrogens with zero attached hydrogens (tertiary/aromatic N) is 3. The van der Waals surface area contributed by atoms with Gasteiger partial charge in [0.2, 0.25) is 0 Å². The Hall–Kier alpha value is -2.69. The summed E-state index contributed by atoms with van der Waals surface area (Å²) in [5.74, 6) is 0.722. The van der Waals surface area contributed by atoms with Crippen molar-refractivity contribution in [3.8, 4) is 0 Å². The van der Waals surface area contributed by atoms with E-state index in [0.717, 1.165) is 29.7 Å². The lowest BCUT2D eigenvalue weighted by Crippen LogP contribution is -2.39. The van der Waals surface area contributed by atoms with Crippen LogP contribution in [0.2, 0.25) is 0 Å². The van der Waals surface area contributed by atoms with E-state index in [0.29, 0.717) is 18.7 Å². The molecular weight excluding hydrogens is 317 g/mol. The molecule has 4 rings (SSSR count). The van der Waals surface area contributed by atoms with Gasteiger partial charge in [-0.25, -0.2) is 9.37 Å². The van der Waals surface area contributed by atoms with Gasteiger partial charge < -0.3 is 9.47 Å². The normalized spacial score (nSPS) is 17.8. The Kier molecular flexibility index (Phi) is 3.99. The molecule has 3 aromatic rings. The van der Waals surface area contributed by atoms with E-state index in [-0.39, 0.29) is 17.6 Å². The molecule has 0 aliphatic carbocycles. The topological polar surface area (TPSA) is 38.1 Å². The molecule has 1 atom stereocenters. The van der Waals surface area contributed by atoms with Gasteiger partial charge in [-0.15, -0.1) is 0 Å². The monoisotopic (exact) mass is 337 g/mol. The molecule has 1 aromatic heterocycles. The molecule has 1 aliphatic rings. The van der Waals surface area contributed by atoms with Gasteiger partial charge in [0.15, 0.2) is 0 Å². The van der Waals surface area contributed by atoms with Crippen molar-refractivity contribution in [2.45, 2.75) is 18.8 Å². The van der Waals surface area contributed by atoms with Crippen molar-refractivity contribution in [2.75, 3.05) is 13.1 Å². The lowest BCUT2D eigenvalue weighted by atomic mass is 9.96. The first-order valence-electron chi connectivity index (χ1n) is 8.59. The molecule has 4 nitrogen and oxygen atoms in total. The molecule has 0 radical (unpaired) electrons. The quantitative estimate of drug-likeness (QED) is 0.714. The summed E-state index contributed by atoms with van der Waals surface area (Å²) in [6.45, 7) is 1.32. The molecule has 1 fully saturated rings. The van der Waals surface area contributed by atoms with Crippen LogP contribution in [0.3, 0.4) is 0 Å². The Bertz CT molecular complexity index is 934. The summed E-state index contributed by atoms with van der Waals surface area (Å²) in [5.41, 5.74) is 2.49. The highest BCUT2D eigenvalue weighted by Gasteiger charge is 2.28. The second kappa shape index (κ2) is 6.31. The molecule has 0 bridgehead atoms. The minimum absolute atomic E-state index is 0.108. The van der Waals surface area contributed by atoms with Crippen molar-refractivity contribution in [3.63, 3.8) is 0 Å². The Morgan fingerprint density at radius 2 is 2.04 bits per heavy atom. The van der Waals surface area contributed by atoms with Crippen molar-refractivity contribution in [1.29, 1.82) is 0 Å². The number of rotatable bonds is 2. The minimum atomic E-state index is -0.380. The van der Waals surface area contributed by atoms with Crippen LogP contribution >= 0.6 is 0 Å². The number of aromatic nitrogens is 2. The second-order valence-electron chi connectivity index (χ2n) is 6.62. The lowest BCUT2D eigenvalue weighted by Gasteiger charge is -2.32. The third-order valence-corrected chi connectivity index (χ3v) is 4.97. The Balaban J connectivity index is 1.60. The van der Waals surface area contributed by atoms with E-state index in [9.17, 15) is 9.18 Å². The highest BCUT2D eigenvalue weighted by molar-refractivity contribution is 5.94. The van der Waals surface area contributed by atoms with E-state index in [2.05, 4.69) is 10.6 Å². The van der Waals surface area contributed by atoms with Crippen LogP contribution in [0.15, 0.2) is 48.5 Å². The summed E-state index contributed by atoms with van der Waals surface area (Å²) in [5, 5.41) is 0.